The van der Waals surface area contributed by atoms with Gasteiger partial charge in [0.05, 0.1) is 12.6 Å². The molecular weight excluding hydrogens is 228 g/mol. The van der Waals surface area contributed by atoms with Crippen LogP contribution in [0.1, 0.15) is 46.0 Å². The molecule has 106 valence electrons. The van der Waals surface area contributed by atoms with Crippen LogP contribution >= 0.6 is 0 Å². The number of carbonyl (C=O) groups is 1. The Morgan fingerprint density at radius 2 is 2.17 bits per heavy atom. The molecule has 2 unspecified atom stereocenters. The maximum Gasteiger partial charge on any atom is 0.239 e. The van der Waals surface area contributed by atoms with Gasteiger partial charge in [0, 0.05) is 19.7 Å². The molecule has 1 aliphatic rings. The molecule has 0 heterocycles. The van der Waals surface area contributed by atoms with E-state index in [-0.39, 0.29) is 11.9 Å². The summed E-state index contributed by atoms with van der Waals surface area (Å²) in [4.78, 5) is 14.3. The van der Waals surface area contributed by atoms with Crippen molar-refractivity contribution in [1.82, 2.24) is 4.90 Å². The third kappa shape index (κ3) is 4.58. The predicted molar refractivity (Wildman–Crippen MR) is 73.3 cm³/mol. The second kappa shape index (κ2) is 7.74. The maximum atomic E-state index is 12.4. The number of amides is 1. The Balaban J connectivity index is 2.53. The molecule has 0 saturated heterocycles. The minimum atomic E-state index is -0.344. The van der Waals surface area contributed by atoms with Crippen molar-refractivity contribution in [2.45, 2.75) is 58.0 Å². The van der Waals surface area contributed by atoms with Gasteiger partial charge in [-0.3, -0.25) is 4.79 Å². The van der Waals surface area contributed by atoms with Gasteiger partial charge < -0.3 is 15.4 Å². The molecule has 1 amide bonds. The van der Waals surface area contributed by atoms with Crippen molar-refractivity contribution in [3.63, 3.8) is 0 Å². The molecule has 1 rings (SSSR count). The number of unbranched alkanes of at least 4 members (excludes halogenated alkanes) is 1. The first-order valence-corrected chi connectivity index (χ1v) is 7.16. The van der Waals surface area contributed by atoms with Crippen LogP contribution in [0.25, 0.3) is 0 Å². The Morgan fingerprint density at radius 1 is 1.50 bits per heavy atom. The number of methoxy groups -OCH3 is 1. The van der Waals surface area contributed by atoms with Gasteiger partial charge in [0.15, 0.2) is 0 Å². The quantitative estimate of drug-likeness (QED) is 0.684. The third-order valence-electron chi connectivity index (χ3n) is 3.80. The maximum absolute atomic E-state index is 12.4. The van der Waals surface area contributed by atoms with Crippen molar-refractivity contribution in [2.24, 2.45) is 11.7 Å². The summed E-state index contributed by atoms with van der Waals surface area (Å²) in [5.74, 6) is 0.768. The van der Waals surface area contributed by atoms with Gasteiger partial charge in [0.2, 0.25) is 5.91 Å². The normalized spacial score (nSPS) is 18.4. The summed E-state index contributed by atoms with van der Waals surface area (Å²) < 4.78 is 5.10. The Labute approximate surface area is 111 Å². The molecule has 18 heavy (non-hydrogen) atoms. The highest BCUT2D eigenvalue weighted by Gasteiger charge is 2.35. The van der Waals surface area contributed by atoms with Crippen LogP contribution in [-0.2, 0) is 9.53 Å². The van der Waals surface area contributed by atoms with Crippen LogP contribution in [0, 0.1) is 5.92 Å². The van der Waals surface area contributed by atoms with E-state index in [1.54, 1.807) is 7.11 Å². The van der Waals surface area contributed by atoms with Gasteiger partial charge in [-0.05, 0) is 32.1 Å². The molecule has 0 aliphatic heterocycles. The third-order valence-corrected chi connectivity index (χ3v) is 3.80. The van der Waals surface area contributed by atoms with Gasteiger partial charge in [0.1, 0.15) is 0 Å². The summed E-state index contributed by atoms with van der Waals surface area (Å²) in [6.45, 7) is 5.50. The number of hydrogen-bond donors (Lipinski definition) is 1. The van der Waals surface area contributed by atoms with Crippen molar-refractivity contribution in [2.75, 3.05) is 20.3 Å². The summed E-state index contributed by atoms with van der Waals surface area (Å²) in [6.07, 6.45) is 5.36. The van der Waals surface area contributed by atoms with Crippen molar-refractivity contribution < 1.29 is 9.53 Å². The lowest BCUT2D eigenvalue weighted by Gasteiger charge is -2.31. The van der Waals surface area contributed by atoms with Gasteiger partial charge in [0.25, 0.3) is 0 Å². The fourth-order valence-electron chi connectivity index (χ4n) is 2.30. The average Bonchev–Trinajstić information content (AvgIpc) is 3.19. The summed E-state index contributed by atoms with van der Waals surface area (Å²) in [7, 11) is 1.67. The first-order valence-electron chi connectivity index (χ1n) is 7.16. The van der Waals surface area contributed by atoms with Gasteiger partial charge in [-0.1, -0.05) is 19.8 Å². The monoisotopic (exact) mass is 256 g/mol. The number of nitrogens with zero attached hydrogens (tertiary/aromatic N) is 1. The SMILES string of the molecule is CCCCC(N)C(=O)N(CCOC)C(C)C1CC1. The Kier molecular flexibility index (Phi) is 6.65. The molecule has 0 bridgehead atoms. The van der Waals surface area contributed by atoms with Crippen molar-refractivity contribution in [3.8, 4) is 0 Å². The van der Waals surface area contributed by atoms with Crippen LogP contribution in [0.4, 0.5) is 0 Å². The highest BCUT2D eigenvalue weighted by Crippen LogP contribution is 2.35. The molecule has 0 aromatic carbocycles. The number of carbonyl (C=O) groups excluding carboxylic acids is 1. The molecule has 0 aromatic heterocycles. The van der Waals surface area contributed by atoms with Crippen LogP contribution in [0.2, 0.25) is 0 Å². The van der Waals surface area contributed by atoms with Crippen molar-refractivity contribution in [3.05, 3.63) is 0 Å². The van der Waals surface area contributed by atoms with Gasteiger partial charge in [-0.15, -0.1) is 0 Å². The minimum Gasteiger partial charge on any atom is -0.383 e. The van der Waals surface area contributed by atoms with Gasteiger partial charge in [-0.25, -0.2) is 0 Å². The fourth-order valence-corrected chi connectivity index (χ4v) is 2.30. The molecule has 2 N–H and O–H groups in total. The molecule has 1 aliphatic carbocycles. The van der Waals surface area contributed by atoms with E-state index >= 15 is 0 Å². The highest BCUT2D eigenvalue weighted by molar-refractivity contribution is 5.82. The van der Waals surface area contributed by atoms with Crippen LogP contribution in [0.5, 0.6) is 0 Å². The topological polar surface area (TPSA) is 55.6 Å². The standard InChI is InChI=1S/C14H28N2O2/c1-4-5-6-13(15)14(17)16(9-10-18-3)11(2)12-7-8-12/h11-13H,4-10,15H2,1-3H3. The van der Waals surface area contributed by atoms with Crippen LogP contribution in [0.15, 0.2) is 0 Å². The lowest BCUT2D eigenvalue weighted by atomic mass is 10.1. The van der Waals surface area contributed by atoms with Crippen LogP contribution in [0.3, 0.4) is 0 Å². The minimum absolute atomic E-state index is 0.0971. The predicted octanol–water partition coefficient (Wildman–Crippen LogP) is 1.78. The lowest BCUT2D eigenvalue weighted by Crippen LogP contribution is -2.49. The van der Waals surface area contributed by atoms with Gasteiger partial charge >= 0.3 is 0 Å². The zero-order valence-corrected chi connectivity index (χ0v) is 12.0. The van der Waals surface area contributed by atoms with Crippen molar-refractivity contribution in [1.29, 1.82) is 0 Å². The molecule has 4 heteroatoms. The second-order valence-electron chi connectivity index (χ2n) is 5.35. The first-order chi connectivity index (χ1) is 8.61. The van der Waals surface area contributed by atoms with Crippen LogP contribution in [-0.4, -0.2) is 43.2 Å². The van der Waals surface area contributed by atoms with E-state index in [4.69, 9.17) is 10.5 Å². The highest BCUT2D eigenvalue weighted by atomic mass is 16.5. The van der Waals surface area contributed by atoms with E-state index in [2.05, 4.69) is 13.8 Å². The van der Waals surface area contributed by atoms with Crippen LogP contribution < -0.4 is 5.73 Å². The summed E-state index contributed by atoms with van der Waals surface area (Å²) >= 11 is 0. The summed E-state index contributed by atoms with van der Waals surface area (Å²) in [5.41, 5.74) is 6.00. The Hall–Kier alpha value is -0.610. The summed E-state index contributed by atoms with van der Waals surface area (Å²) in [6, 6.07) is -0.0386. The number of hydrogen-bond acceptors (Lipinski definition) is 3. The zero-order valence-electron chi connectivity index (χ0n) is 12.0. The Morgan fingerprint density at radius 3 is 2.67 bits per heavy atom. The molecule has 1 saturated carbocycles. The van der Waals surface area contributed by atoms with E-state index in [9.17, 15) is 4.79 Å². The molecule has 0 aromatic rings. The molecule has 1 fully saturated rings. The summed E-state index contributed by atoms with van der Waals surface area (Å²) in [5, 5.41) is 0. The fraction of sp³-hybridized carbons (Fsp3) is 0.929. The molecule has 0 spiro atoms. The van der Waals surface area contributed by atoms with Crippen molar-refractivity contribution >= 4 is 5.91 Å². The zero-order chi connectivity index (χ0) is 13.5. The van der Waals surface area contributed by atoms with Gasteiger partial charge in [-0.2, -0.15) is 0 Å². The van der Waals surface area contributed by atoms with E-state index in [0.29, 0.717) is 25.1 Å². The van der Waals surface area contributed by atoms with E-state index in [0.717, 1.165) is 19.3 Å². The van der Waals surface area contributed by atoms with E-state index in [1.807, 2.05) is 4.90 Å². The number of ether oxygens (including phenoxy) is 1. The smallest absolute Gasteiger partial charge is 0.239 e. The average molecular weight is 256 g/mol. The largest absolute Gasteiger partial charge is 0.383 e. The molecular formula is C14H28N2O2. The van der Waals surface area contributed by atoms with E-state index < -0.39 is 0 Å². The molecule has 4 nitrogen and oxygen atoms in total. The number of nitrogens with two attached hydrogens (primary N) is 1. The lowest BCUT2D eigenvalue weighted by molar-refractivity contribution is -0.136. The van der Waals surface area contributed by atoms with E-state index in [1.165, 1.54) is 12.8 Å². The second-order valence-corrected chi connectivity index (χ2v) is 5.35. The molecule has 0 radical (unpaired) electrons. The molecule has 2 atom stereocenters. The number of rotatable bonds is 9. The Bertz CT molecular complexity index is 254. The first kappa shape index (κ1) is 15.4.